The van der Waals surface area contributed by atoms with Crippen molar-refractivity contribution >= 4 is 0 Å². The summed E-state index contributed by atoms with van der Waals surface area (Å²) in [5.74, 6) is 0. The molecule has 2 atom stereocenters. The van der Waals surface area contributed by atoms with E-state index in [9.17, 15) is 0 Å². The molecule has 8 heavy (non-hydrogen) atoms. The zero-order chi connectivity index (χ0) is 6.15. The average molecular weight is 114 g/mol. The maximum absolute atomic E-state index is 8.94. The molecule has 0 heterocycles. The molecule has 0 unspecified atom stereocenters. The third-order valence-electron chi connectivity index (χ3n) is 1.45. The lowest BCUT2D eigenvalue weighted by Gasteiger charge is -2.00. The number of hydrogen-bond donors (Lipinski definition) is 2. The minimum Gasteiger partial charge on any atom is -0.389 e. The normalized spacial score (nSPS) is 37.6. The monoisotopic (exact) mass is 114 g/mol. The van der Waals surface area contributed by atoms with Gasteiger partial charge >= 0.3 is 0 Å². The molecule has 2 N–H and O–H groups in total. The Morgan fingerprint density at radius 1 is 1.62 bits per heavy atom. The fraction of sp³-hybridized carbons (Fsp3) is 0.667. The number of rotatable bonds is 0. The van der Waals surface area contributed by atoms with Crippen molar-refractivity contribution in [2.24, 2.45) is 0 Å². The minimum absolute atomic E-state index is 0.398. The molecule has 0 amide bonds. The van der Waals surface area contributed by atoms with E-state index in [-0.39, 0.29) is 0 Å². The summed E-state index contributed by atoms with van der Waals surface area (Å²) in [5, 5.41) is 17.8. The van der Waals surface area contributed by atoms with Crippen molar-refractivity contribution in [3.8, 4) is 0 Å². The van der Waals surface area contributed by atoms with Crippen LogP contribution in [0.15, 0.2) is 11.6 Å². The van der Waals surface area contributed by atoms with Crippen LogP contribution in [0.1, 0.15) is 13.3 Å². The molecule has 1 aliphatic carbocycles. The summed E-state index contributed by atoms with van der Waals surface area (Å²) >= 11 is 0. The summed E-state index contributed by atoms with van der Waals surface area (Å²) in [6.45, 7) is 1.82. The molecule has 0 saturated heterocycles. The highest BCUT2D eigenvalue weighted by molar-refractivity contribution is 5.14. The molecule has 0 saturated carbocycles. The molecule has 2 nitrogen and oxygen atoms in total. The second-order valence-corrected chi connectivity index (χ2v) is 2.23. The van der Waals surface area contributed by atoms with Crippen LogP contribution in [-0.4, -0.2) is 22.4 Å². The highest BCUT2D eigenvalue weighted by Gasteiger charge is 2.18. The van der Waals surface area contributed by atoms with E-state index in [0.717, 1.165) is 5.57 Å². The largest absolute Gasteiger partial charge is 0.389 e. The SMILES string of the molecule is CC1=C[C@H](O)C[C@@H]1O. The van der Waals surface area contributed by atoms with Crippen LogP contribution in [0, 0.1) is 0 Å². The minimum atomic E-state index is -0.412. The highest BCUT2D eigenvalue weighted by atomic mass is 16.3. The first kappa shape index (κ1) is 5.79. The first-order valence-corrected chi connectivity index (χ1v) is 2.74. The first-order valence-electron chi connectivity index (χ1n) is 2.74. The van der Waals surface area contributed by atoms with Crippen molar-refractivity contribution in [1.29, 1.82) is 0 Å². The quantitative estimate of drug-likeness (QED) is 0.437. The topological polar surface area (TPSA) is 40.5 Å². The van der Waals surface area contributed by atoms with Crippen LogP contribution in [0.4, 0.5) is 0 Å². The van der Waals surface area contributed by atoms with Gasteiger partial charge in [-0.2, -0.15) is 0 Å². The van der Waals surface area contributed by atoms with Crippen LogP contribution in [0.2, 0.25) is 0 Å². The van der Waals surface area contributed by atoms with Gasteiger partial charge in [0.25, 0.3) is 0 Å². The number of hydrogen-bond acceptors (Lipinski definition) is 2. The van der Waals surface area contributed by atoms with Gasteiger partial charge in [0.05, 0.1) is 12.2 Å². The summed E-state index contributed by atoms with van der Waals surface area (Å²) in [4.78, 5) is 0. The Morgan fingerprint density at radius 2 is 2.25 bits per heavy atom. The standard InChI is InChI=1S/C6H10O2/c1-4-2-5(7)3-6(4)8/h2,5-8H,3H2,1H3/t5-,6-/m0/s1. The lowest BCUT2D eigenvalue weighted by atomic mass is 10.2. The predicted octanol–water partition coefficient (Wildman–Crippen LogP) is 0.0582. The van der Waals surface area contributed by atoms with Crippen LogP contribution in [-0.2, 0) is 0 Å². The van der Waals surface area contributed by atoms with E-state index in [4.69, 9.17) is 10.2 Å². The molecule has 46 valence electrons. The highest BCUT2D eigenvalue weighted by Crippen LogP contribution is 2.17. The van der Waals surface area contributed by atoms with Crippen molar-refractivity contribution in [1.82, 2.24) is 0 Å². The summed E-state index contributed by atoms with van der Waals surface area (Å²) in [5.41, 5.74) is 0.887. The Hall–Kier alpha value is -0.340. The second kappa shape index (κ2) is 1.88. The molecule has 0 aromatic carbocycles. The fourth-order valence-electron chi connectivity index (χ4n) is 0.897. The van der Waals surface area contributed by atoms with Crippen molar-refractivity contribution < 1.29 is 10.2 Å². The van der Waals surface area contributed by atoms with Crippen LogP contribution < -0.4 is 0 Å². The third-order valence-corrected chi connectivity index (χ3v) is 1.45. The van der Waals surface area contributed by atoms with Crippen LogP contribution >= 0.6 is 0 Å². The zero-order valence-corrected chi connectivity index (χ0v) is 4.83. The average Bonchev–Trinajstić information content (AvgIpc) is 1.85. The van der Waals surface area contributed by atoms with Crippen molar-refractivity contribution in [3.05, 3.63) is 11.6 Å². The molecule has 2 heteroatoms. The molecule has 0 aromatic heterocycles. The number of aliphatic hydroxyl groups is 2. The van der Waals surface area contributed by atoms with Gasteiger partial charge in [0.1, 0.15) is 0 Å². The Balaban J connectivity index is 2.59. The lowest BCUT2D eigenvalue weighted by Crippen LogP contribution is -2.06. The fourth-order valence-corrected chi connectivity index (χ4v) is 0.897. The summed E-state index contributed by atoms with van der Waals surface area (Å²) in [6.07, 6.45) is 1.35. The molecular formula is C6H10O2. The molecular weight excluding hydrogens is 104 g/mol. The van der Waals surface area contributed by atoms with Crippen LogP contribution in [0.5, 0.6) is 0 Å². The Morgan fingerprint density at radius 3 is 2.38 bits per heavy atom. The first-order chi connectivity index (χ1) is 3.70. The molecule has 1 aliphatic rings. The van der Waals surface area contributed by atoms with Gasteiger partial charge in [0, 0.05) is 6.42 Å². The molecule has 0 bridgehead atoms. The molecule has 0 radical (unpaired) electrons. The molecule has 0 aromatic rings. The molecule has 0 aliphatic heterocycles. The van der Waals surface area contributed by atoms with Crippen LogP contribution in [0.25, 0.3) is 0 Å². The van der Waals surface area contributed by atoms with Gasteiger partial charge in [0.15, 0.2) is 0 Å². The van der Waals surface area contributed by atoms with Crippen molar-refractivity contribution in [2.45, 2.75) is 25.6 Å². The molecule has 0 fully saturated rings. The predicted molar refractivity (Wildman–Crippen MR) is 30.4 cm³/mol. The second-order valence-electron chi connectivity index (χ2n) is 2.23. The van der Waals surface area contributed by atoms with Gasteiger partial charge in [-0.25, -0.2) is 0 Å². The van der Waals surface area contributed by atoms with E-state index in [0.29, 0.717) is 6.42 Å². The lowest BCUT2D eigenvalue weighted by molar-refractivity contribution is 0.147. The Kier molecular flexibility index (Phi) is 1.36. The maximum Gasteiger partial charge on any atom is 0.0776 e. The van der Waals surface area contributed by atoms with Gasteiger partial charge in [0.2, 0.25) is 0 Å². The summed E-state index contributed by atoms with van der Waals surface area (Å²) in [6, 6.07) is 0. The smallest absolute Gasteiger partial charge is 0.0776 e. The Labute approximate surface area is 48.5 Å². The number of aliphatic hydroxyl groups excluding tert-OH is 2. The van der Waals surface area contributed by atoms with Crippen molar-refractivity contribution in [2.75, 3.05) is 0 Å². The van der Waals surface area contributed by atoms with Crippen molar-refractivity contribution in [3.63, 3.8) is 0 Å². The van der Waals surface area contributed by atoms with Crippen LogP contribution in [0.3, 0.4) is 0 Å². The summed E-state index contributed by atoms with van der Waals surface area (Å²) < 4.78 is 0. The van der Waals surface area contributed by atoms with E-state index < -0.39 is 12.2 Å². The zero-order valence-electron chi connectivity index (χ0n) is 4.83. The third kappa shape index (κ3) is 0.904. The van der Waals surface area contributed by atoms with Gasteiger partial charge in [-0.1, -0.05) is 6.08 Å². The Bertz CT molecular complexity index is 118. The van der Waals surface area contributed by atoms with E-state index >= 15 is 0 Å². The maximum atomic E-state index is 8.94. The summed E-state index contributed by atoms with van der Waals surface area (Å²) in [7, 11) is 0. The van der Waals surface area contributed by atoms with E-state index in [1.807, 2.05) is 6.92 Å². The van der Waals surface area contributed by atoms with Gasteiger partial charge < -0.3 is 10.2 Å². The van der Waals surface area contributed by atoms with Gasteiger partial charge in [-0.05, 0) is 12.5 Å². The van der Waals surface area contributed by atoms with E-state index in [2.05, 4.69) is 0 Å². The van der Waals surface area contributed by atoms with Gasteiger partial charge in [-0.15, -0.1) is 0 Å². The van der Waals surface area contributed by atoms with E-state index in [1.54, 1.807) is 6.08 Å². The van der Waals surface area contributed by atoms with E-state index in [1.165, 1.54) is 0 Å². The molecule has 1 rings (SSSR count). The van der Waals surface area contributed by atoms with Gasteiger partial charge in [-0.3, -0.25) is 0 Å². The molecule has 0 spiro atoms.